The number of rotatable bonds is 5. The van der Waals surface area contributed by atoms with Crippen molar-refractivity contribution >= 4 is 27.3 Å². The van der Waals surface area contributed by atoms with E-state index < -0.39 is 0 Å². The summed E-state index contributed by atoms with van der Waals surface area (Å²) in [5, 5.41) is 5.72. The van der Waals surface area contributed by atoms with Crippen molar-refractivity contribution in [3.8, 4) is 0 Å². The van der Waals surface area contributed by atoms with Gasteiger partial charge in [-0.3, -0.25) is 4.90 Å². The fourth-order valence-electron chi connectivity index (χ4n) is 2.38. The van der Waals surface area contributed by atoms with Crippen LogP contribution in [0, 0.1) is 5.92 Å². The summed E-state index contributed by atoms with van der Waals surface area (Å²) >= 11 is 5.31. The van der Waals surface area contributed by atoms with Crippen molar-refractivity contribution in [2.75, 3.05) is 26.2 Å². The molecule has 1 fully saturated rings. The van der Waals surface area contributed by atoms with Crippen LogP contribution in [0.2, 0.25) is 0 Å². The van der Waals surface area contributed by atoms with Gasteiger partial charge in [0.25, 0.3) is 0 Å². The SMILES string of the molecule is CCNCC1CCN(Cc2csc(Br)c2)CC1. The molecule has 1 saturated heterocycles. The fourth-order valence-corrected chi connectivity index (χ4v) is 3.58. The van der Waals surface area contributed by atoms with Crippen molar-refractivity contribution in [2.45, 2.75) is 26.3 Å². The molecule has 1 aliphatic rings. The predicted octanol–water partition coefficient (Wildman–Crippen LogP) is 3.33. The molecule has 2 rings (SSSR count). The second-order valence-corrected chi connectivity index (χ2v) is 7.08. The van der Waals surface area contributed by atoms with Gasteiger partial charge in [0.1, 0.15) is 0 Å². The lowest BCUT2D eigenvalue weighted by molar-refractivity contribution is 0.176. The number of piperidine rings is 1. The maximum atomic E-state index is 3.53. The summed E-state index contributed by atoms with van der Waals surface area (Å²) in [5.41, 5.74) is 1.45. The fraction of sp³-hybridized carbons (Fsp3) is 0.692. The number of nitrogens with zero attached hydrogens (tertiary/aromatic N) is 1. The number of halogens is 1. The van der Waals surface area contributed by atoms with Gasteiger partial charge in [0.05, 0.1) is 3.79 Å². The second kappa shape index (κ2) is 6.88. The first-order valence-electron chi connectivity index (χ1n) is 6.44. The van der Waals surface area contributed by atoms with Gasteiger partial charge in [0, 0.05) is 6.54 Å². The van der Waals surface area contributed by atoms with Gasteiger partial charge < -0.3 is 5.32 Å². The van der Waals surface area contributed by atoms with Crippen LogP contribution in [0.15, 0.2) is 15.2 Å². The Morgan fingerprint density at radius 3 is 2.82 bits per heavy atom. The number of hydrogen-bond donors (Lipinski definition) is 1. The van der Waals surface area contributed by atoms with E-state index in [1.165, 1.54) is 41.8 Å². The Bertz CT molecular complexity index is 332. The van der Waals surface area contributed by atoms with Crippen molar-refractivity contribution in [2.24, 2.45) is 5.92 Å². The largest absolute Gasteiger partial charge is 0.317 e. The molecule has 0 unspecified atom stereocenters. The molecular formula is C13H21BrN2S. The summed E-state index contributed by atoms with van der Waals surface area (Å²) in [6.07, 6.45) is 2.69. The number of hydrogen-bond acceptors (Lipinski definition) is 3. The topological polar surface area (TPSA) is 15.3 Å². The minimum Gasteiger partial charge on any atom is -0.317 e. The van der Waals surface area contributed by atoms with Crippen molar-refractivity contribution in [1.82, 2.24) is 10.2 Å². The molecule has 1 N–H and O–H groups in total. The smallest absolute Gasteiger partial charge is 0.0701 e. The van der Waals surface area contributed by atoms with E-state index in [1.54, 1.807) is 11.3 Å². The van der Waals surface area contributed by atoms with E-state index in [9.17, 15) is 0 Å². The van der Waals surface area contributed by atoms with Crippen LogP contribution in [0.25, 0.3) is 0 Å². The van der Waals surface area contributed by atoms with Crippen molar-refractivity contribution in [3.05, 3.63) is 20.8 Å². The Balaban J connectivity index is 1.72. The Hall–Kier alpha value is 0.100. The number of likely N-dealkylation sites (tertiary alicyclic amines) is 1. The minimum absolute atomic E-state index is 0.889. The standard InChI is InChI=1S/C13H21BrN2S/c1-2-15-8-11-3-5-16(6-4-11)9-12-7-13(14)17-10-12/h7,10-11,15H,2-6,8-9H2,1H3. The maximum absolute atomic E-state index is 3.53. The number of thiophene rings is 1. The van der Waals surface area contributed by atoms with E-state index in [4.69, 9.17) is 0 Å². The molecule has 4 heteroatoms. The van der Waals surface area contributed by atoms with Gasteiger partial charge in [-0.1, -0.05) is 6.92 Å². The predicted molar refractivity (Wildman–Crippen MR) is 78.6 cm³/mol. The average molecular weight is 317 g/mol. The van der Waals surface area contributed by atoms with E-state index in [0.717, 1.165) is 19.0 Å². The van der Waals surface area contributed by atoms with Crippen LogP contribution in [-0.4, -0.2) is 31.1 Å². The molecule has 0 saturated carbocycles. The zero-order valence-corrected chi connectivity index (χ0v) is 12.8. The van der Waals surface area contributed by atoms with Gasteiger partial charge in [-0.2, -0.15) is 0 Å². The lowest BCUT2D eigenvalue weighted by Crippen LogP contribution is -2.36. The lowest BCUT2D eigenvalue weighted by atomic mass is 9.96. The minimum atomic E-state index is 0.889. The molecule has 0 spiro atoms. The molecule has 2 nitrogen and oxygen atoms in total. The highest BCUT2D eigenvalue weighted by Crippen LogP contribution is 2.24. The summed E-state index contributed by atoms with van der Waals surface area (Å²) in [4.78, 5) is 2.58. The first kappa shape index (κ1) is 13.5. The highest BCUT2D eigenvalue weighted by Gasteiger charge is 2.18. The molecule has 0 amide bonds. The van der Waals surface area contributed by atoms with Gasteiger partial charge in [-0.05, 0) is 77.9 Å². The molecule has 0 atom stereocenters. The molecule has 1 aromatic heterocycles. The summed E-state index contributed by atoms with van der Waals surface area (Å²) in [6.45, 7) is 8.12. The van der Waals surface area contributed by atoms with Crippen LogP contribution in [0.5, 0.6) is 0 Å². The van der Waals surface area contributed by atoms with E-state index in [2.05, 4.69) is 44.5 Å². The first-order valence-corrected chi connectivity index (χ1v) is 8.11. The molecule has 2 heterocycles. The van der Waals surface area contributed by atoms with Crippen molar-refractivity contribution in [3.63, 3.8) is 0 Å². The second-order valence-electron chi connectivity index (χ2n) is 4.79. The third kappa shape index (κ3) is 4.36. The van der Waals surface area contributed by atoms with E-state index in [1.807, 2.05) is 0 Å². The van der Waals surface area contributed by atoms with Gasteiger partial charge in [0.2, 0.25) is 0 Å². The Labute approximate surface area is 117 Å². The number of nitrogens with one attached hydrogen (secondary N) is 1. The molecule has 1 aliphatic heterocycles. The van der Waals surface area contributed by atoms with Crippen LogP contribution < -0.4 is 5.32 Å². The van der Waals surface area contributed by atoms with Gasteiger partial charge in [-0.15, -0.1) is 11.3 Å². The molecule has 0 aromatic carbocycles. The average Bonchev–Trinajstić information content (AvgIpc) is 2.74. The van der Waals surface area contributed by atoms with Crippen LogP contribution in [0.3, 0.4) is 0 Å². The highest BCUT2D eigenvalue weighted by molar-refractivity contribution is 9.11. The Morgan fingerprint density at radius 2 is 2.24 bits per heavy atom. The lowest BCUT2D eigenvalue weighted by Gasteiger charge is -2.31. The van der Waals surface area contributed by atoms with Crippen LogP contribution >= 0.6 is 27.3 Å². The van der Waals surface area contributed by atoms with E-state index in [0.29, 0.717) is 0 Å². The van der Waals surface area contributed by atoms with Gasteiger partial charge in [-0.25, -0.2) is 0 Å². The molecule has 96 valence electrons. The van der Waals surface area contributed by atoms with Gasteiger partial charge in [0.15, 0.2) is 0 Å². The van der Waals surface area contributed by atoms with Crippen LogP contribution in [0.1, 0.15) is 25.3 Å². The van der Waals surface area contributed by atoms with Crippen molar-refractivity contribution in [1.29, 1.82) is 0 Å². The Kier molecular flexibility index (Phi) is 5.48. The molecular weight excluding hydrogens is 296 g/mol. The zero-order valence-electron chi connectivity index (χ0n) is 10.4. The van der Waals surface area contributed by atoms with Crippen molar-refractivity contribution < 1.29 is 0 Å². The quantitative estimate of drug-likeness (QED) is 0.896. The molecule has 0 radical (unpaired) electrons. The highest BCUT2D eigenvalue weighted by atomic mass is 79.9. The summed E-state index contributed by atoms with van der Waals surface area (Å²) in [7, 11) is 0. The summed E-state index contributed by atoms with van der Waals surface area (Å²) in [6, 6.07) is 2.25. The third-order valence-corrected chi connectivity index (χ3v) is 4.97. The van der Waals surface area contributed by atoms with Gasteiger partial charge >= 0.3 is 0 Å². The van der Waals surface area contributed by atoms with Crippen LogP contribution in [-0.2, 0) is 6.54 Å². The third-order valence-electron chi connectivity index (χ3n) is 3.42. The monoisotopic (exact) mass is 316 g/mol. The molecule has 17 heavy (non-hydrogen) atoms. The normalized spacial score (nSPS) is 18.7. The molecule has 1 aromatic rings. The van der Waals surface area contributed by atoms with E-state index in [-0.39, 0.29) is 0 Å². The summed E-state index contributed by atoms with van der Waals surface area (Å²) < 4.78 is 1.24. The molecule has 0 aliphatic carbocycles. The summed E-state index contributed by atoms with van der Waals surface area (Å²) in [5.74, 6) is 0.889. The zero-order chi connectivity index (χ0) is 12.1. The Morgan fingerprint density at radius 1 is 1.47 bits per heavy atom. The molecule has 0 bridgehead atoms. The maximum Gasteiger partial charge on any atom is 0.0701 e. The first-order chi connectivity index (χ1) is 8.28. The van der Waals surface area contributed by atoms with Crippen LogP contribution in [0.4, 0.5) is 0 Å². The van der Waals surface area contributed by atoms with E-state index >= 15 is 0 Å².